The summed E-state index contributed by atoms with van der Waals surface area (Å²) in [4.78, 5) is 15.7. The molecule has 0 unspecified atom stereocenters. The van der Waals surface area contributed by atoms with Gasteiger partial charge in [0, 0.05) is 6.42 Å². The Kier molecular flexibility index (Phi) is 4.10. The highest BCUT2D eigenvalue weighted by Gasteiger charge is 2.13. The number of aromatic nitrogens is 1. The van der Waals surface area contributed by atoms with Gasteiger partial charge in [-0.1, -0.05) is 20.8 Å². The Morgan fingerprint density at radius 2 is 2.12 bits per heavy atom. The predicted molar refractivity (Wildman–Crippen MR) is 70.7 cm³/mol. The fourth-order valence-corrected chi connectivity index (χ4v) is 1.33. The number of carbonyl (C=O) groups excluding carboxylic acids is 1. The van der Waals surface area contributed by atoms with Gasteiger partial charge in [-0.3, -0.25) is 4.79 Å². The lowest BCUT2D eigenvalue weighted by molar-refractivity contribution is -0.116. The van der Waals surface area contributed by atoms with Crippen LogP contribution in [0.5, 0.6) is 0 Å². The first-order chi connectivity index (χ1) is 7.78. The van der Waals surface area contributed by atoms with Gasteiger partial charge in [-0.25, -0.2) is 4.98 Å². The maximum absolute atomic E-state index is 11.7. The van der Waals surface area contributed by atoms with Gasteiger partial charge in [0.05, 0.1) is 11.9 Å². The summed E-state index contributed by atoms with van der Waals surface area (Å²) < 4.78 is 0. The fraction of sp³-hybridized carbons (Fsp3) is 0.538. The van der Waals surface area contributed by atoms with Crippen LogP contribution in [0.25, 0.3) is 0 Å². The van der Waals surface area contributed by atoms with Crippen molar-refractivity contribution in [3.63, 3.8) is 0 Å². The molecule has 1 rings (SSSR count). The highest BCUT2D eigenvalue weighted by molar-refractivity contribution is 5.89. The highest BCUT2D eigenvalue weighted by Crippen LogP contribution is 2.21. The van der Waals surface area contributed by atoms with Crippen LogP contribution in [-0.2, 0) is 4.79 Å². The number of nitrogens with zero attached hydrogens (tertiary/aromatic N) is 1. The van der Waals surface area contributed by atoms with Crippen LogP contribution >= 0.6 is 0 Å². The second-order valence-electron chi connectivity index (χ2n) is 5.53. The van der Waals surface area contributed by atoms with E-state index in [4.69, 9.17) is 5.73 Å². The molecular formula is C13H21N3O. The normalized spacial score (nSPS) is 11.3. The zero-order valence-electron chi connectivity index (χ0n) is 11.0. The van der Waals surface area contributed by atoms with Crippen LogP contribution in [0.1, 0.15) is 39.2 Å². The molecular weight excluding hydrogens is 214 g/mol. The third-order valence-corrected chi connectivity index (χ3v) is 2.52. The van der Waals surface area contributed by atoms with Crippen LogP contribution in [0.3, 0.4) is 0 Å². The summed E-state index contributed by atoms with van der Waals surface area (Å²) in [5.74, 6) is 0.562. The maximum Gasteiger partial charge on any atom is 0.225 e. The topological polar surface area (TPSA) is 68.0 Å². The molecule has 17 heavy (non-hydrogen) atoms. The van der Waals surface area contributed by atoms with Gasteiger partial charge in [0.15, 0.2) is 0 Å². The summed E-state index contributed by atoms with van der Waals surface area (Å²) in [7, 11) is 0. The lowest BCUT2D eigenvalue weighted by Gasteiger charge is -2.17. The zero-order valence-corrected chi connectivity index (χ0v) is 11.0. The number of hydrogen-bond donors (Lipinski definition) is 2. The van der Waals surface area contributed by atoms with Gasteiger partial charge >= 0.3 is 0 Å². The number of anilines is 2. The molecule has 0 bridgehead atoms. The first kappa shape index (κ1) is 13.5. The Hall–Kier alpha value is -1.58. The zero-order chi connectivity index (χ0) is 13.1. The number of nitrogens with two attached hydrogens (primary N) is 1. The summed E-state index contributed by atoms with van der Waals surface area (Å²) >= 11 is 0. The number of hydrogen-bond acceptors (Lipinski definition) is 3. The molecule has 0 radical (unpaired) electrons. The minimum absolute atomic E-state index is 0.00315. The smallest absolute Gasteiger partial charge is 0.225 e. The van der Waals surface area contributed by atoms with Crippen molar-refractivity contribution in [3.8, 4) is 0 Å². The van der Waals surface area contributed by atoms with Gasteiger partial charge < -0.3 is 11.1 Å². The van der Waals surface area contributed by atoms with Gasteiger partial charge in [0.25, 0.3) is 0 Å². The second-order valence-corrected chi connectivity index (χ2v) is 5.53. The Labute approximate surface area is 103 Å². The van der Waals surface area contributed by atoms with E-state index in [2.05, 4.69) is 31.1 Å². The first-order valence-electron chi connectivity index (χ1n) is 5.80. The molecule has 1 aromatic rings. The number of nitrogen functional groups attached to an aromatic ring is 1. The van der Waals surface area contributed by atoms with E-state index < -0.39 is 0 Å². The summed E-state index contributed by atoms with van der Waals surface area (Å²) in [6.45, 7) is 8.24. The van der Waals surface area contributed by atoms with E-state index in [1.54, 1.807) is 12.3 Å². The largest absolute Gasteiger partial charge is 0.397 e. The minimum atomic E-state index is -0.00315. The van der Waals surface area contributed by atoms with Gasteiger partial charge in [-0.05, 0) is 30.4 Å². The molecule has 0 atom stereocenters. The average molecular weight is 235 g/mol. The van der Waals surface area contributed by atoms with E-state index in [1.807, 2.05) is 6.92 Å². The highest BCUT2D eigenvalue weighted by atomic mass is 16.1. The molecule has 0 saturated heterocycles. The summed E-state index contributed by atoms with van der Waals surface area (Å²) in [5, 5.41) is 2.78. The van der Waals surface area contributed by atoms with Gasteiger partial charge in [-0.15, -0.1) is 0 Å². The molecule has 0 saturated carbocycles. The third kappa shape index (κ3) is 4.85. The van der Waals surface area contributed by atoms with Crippen LogP contribution in [-0.4, -0.2) is 10.9 Å². The number of nitrogens with one attached hydrogen (secondary N) is 1. The molecule has 1 amide bonds. The van der Waals surface area contributed by atoms with E-state index in [9.17, 15) is 4.79 Å². The molecule has 0 aliphatic rings. The molecule has 0 fully saturated rings. The predicted octanol–water partition coefficient (Wildman–Crippen LogP) is 2.74. The Balaban J connectivity index is 2.54. The molecule has 94 valence electrons. The monoisotopic (exact) mass is 235 g/mol. The summed E-state index contributed by atoms with van der Waals surface area (Å²) in [5.41, 5.74) is 7.39. The molecule has 1 heterocycles. The van der Waals surface area contributed by atoms with Crippen molar-refractivity contribution < 1.29 is 4.79 Å². The van der Waals surface area contributed by atoms with Gasteiger partial charge in [-0.2, -0.15) is 0 Å². The Morgan fingerprint density at radius 3 is 2.65 bits per heavy atom. The quantitative estimate of drug-likeness (QED) is 0.846. The fourth-order valence-electron chi connectivity index (χ4n) is 1.33. The number of amides is 1. The summed E-state index contributed by atoms with van der Waals surface area (Å²) in [6.07, 6.45) is 2.93. The number of pyridine rings is 1. The Bertz CT molecular complexity index is 408. The minimum Gasteiger partial charge on any atom is -0.397 e. The molecule has 4 nitrogen and oxygen atoms in total. The van der Waals surface area contributed by atoms with Crippen LogP contribution in [0.2, 0.25) is 0 Å². The van der Waals surface area contributed by atoms with E-state index in [0.717, 1.165) is 12.0 Å². The van der Waals surface area contributed by atoms with Crippen LogP contribution in [0.15, 0.2) is 12.3 Å². The van der Waals surface area contributed by atoms with E-state index in [-0.39, 0.29) is 11.3 Å². The van der Waals surface area contributed by atoms with E-state index in [0.29, 0.717) is 17.9 Å². The summed E-state index contributed by atoms with van der Waals surface area (Å²) in [6, 6.07) is 1.78. The lowest BCUT2D eigenvalue weighted by atomic mass is 9.90. The van der Waals surface area contributed by atoms with Crippen molar-refractivity contribution in [2.24, 2.45) is 5.41 Å². The van der Waals surface area contributed by atoms with Crippen LogP contribution in [0.4, 0.5) is 11.5 Å². The number of aryl methyl sites for hydroxylation is 1. The third-order valence-electron chi connectivity index (χ3n) is 2.52. The molecule has 1 aromatic heterocycles. The van der Waals surface area contributed by atoms with Crippen LogP contribution < -0.4 is 11.1 Å². The lowest BCUT2D eigenvalue weighted by Crippen LogP contribution is -2.16. The molecule has 0 aliphatic heterocycles. The molecule has 4 heteroatoms. The molecule has 0 aromatic carbocycles. The SMILES string of the molecule is Cc1cc(NC(=O)CCC(C)(C)C)ncc1N. The van der Waals surface area contributed by atoms with Crippen LogP contribution in [0, 0.1) is 12.3 Å². The van der Waals surface area contributed by atoms with Crippen molar-refractivity contribution in [2.75, 3.05) is 11.1 Å². The van der Waals surface area contributed by atoms with E-state index in [1.165, 1.54) is 0 Å². The number of rotatable bonds is 3. The van der Waals surface area contributed by atoms with Crippen molar-refractivity contribution in [2.45, 2.75) is 40.5 Å². The van der Waals surface area contributed by atoms with Gasteiger partial charge in [0.1, 0.15) is 5.82 Å². The van der Waals surface area contributed by atoms with Crippen molar-refractivity contribution in [1.29, 1.82) is 0 Å². The molecule has 0 spiro atoms. The van der Waals surface area contributed by atoms with Gasteiger partial charge in [0.2, 0.25) is 5.91 Å². The molecule has 3 N–H and O–H groups in total. The van der Waals surface area contributed by atoms with Crippen molar-refractivity contribution >= 4 is 17.4 Å². The second kappa shape index (κ2) is 5.17. The molecule has 0 aliphatic carbocycles. The van der Waals surface area contributed by atoms with Crippen molar-refractivity contribution in [3.05, 3.63) is 17.8 Å². The Morgan fingerprint density at radius 1 is 1.47 bits per heavy atom. The first-order valence-corrected chi connectivity index (χ1v) is 5.80. The number of carbonyl (C=O) groups is 1. The standard InChI is InChI=1S/C13H21N3O/c1-9-7-11(15-8-10(9)14)16-12(17)5-6-13(2,3)4/h7-8H,5-6,14H2,1-4H3,(H,15,16,17). The maximum atomic E-state index is 11.7. The van der Waals surface area contributed by atoms with E-state index >= 15 is 0 Å². The van der Waals surface area contributed by atoms with Crippen molar-refractivity contribution in [1.82, 2.24) is 4.98 Å². The average Bonchev–Trinajstić information content (AvgIpc) is 2.20.